The maximum Gasteiger partial charge on any atom is 0.407 e. The van der Waals surface area contributed by atoms with Gasteiger partial charge in [-0.25, -0.2) is 14.3 Å². The Bertz CT molecular complexity index is 1790. The molecule has 5 aromatic rings. The van der Waals surface area contributed by atoms with E-state index in [1.807, 2.05) is 25.1 Å². The molecule has 3 N–H and O–H groups in total. The first-order valence-corrected chi connectivity index (χ1v) is 12.6. The number of hydrogen-bond acceptors (Lipinski definition) is 5. The highest BCUT2D eigenvalue weighted by Crippen LogP contribution is 2.32. The Morgan fingerprint density at radius 3 is 2.66 bits per heavy atom. The molecule has 1 fully saturated rings. The zero-order valence-electron chi connectivity index (χ0n) is 21.1. The van der Waals surface area contributed by atoms with Crippen LogP contribution in [0.3, 0.4) is 0 Å². The number of hydrogen-bond donors (Lipinski definition) is 3. The molecule has 0 atom stereocenters. The molecule has 2 amide bonds. The van der Waals surface area contributed by atoms with Crippen molar-refractivity contribution in [3.8, 4) is 0 Å². The number of H-pyrrole nitrogens is 1. The van der Waals surface area contributed by atoms with E-state index in [0.29, 0.717) is 53.7 Å². The zero-order valence-corrected chi connectivity index (χ0v) is 21.1. The molecule has 0 unspecified atom stereocenters. The summed E-state index contributed by atoms with van der Waals surface area (Å²) >= 11 is 0. The molecule has 0 radical (unpaired) electrons. The van der Waals surface area contributed by atoms with Gasteiger partial charge in [0.1, 0.15) is 11.5 Å². The molecule has 11 nitrogen and oxygen atoms in total. The maximum absolute atomic E-state index is 13.3. The van der Waals surface area contributed by atoms with Gasteiger partial charge in [0.25, 0.3) is 11.5 Å². The molecule has 11 heteroatoms. The van der Waals surface area contributed by atoms with E-state index in [4.69, 9.17) is 5.10 Å². The minimum Gasteiger partial charge on any atom is -0.465 e. The van der Waals surface area contributed by atoms with Crippen LogP contribution in [0.15, 0.2) is 47.3 Å². The molecular weight excluding hydrogens is 486 g/mol. The van der Waals surface area contributed by atoms with Crippen LogP contribution >= 0.6 is 0 Å². The first-order valence-electron chi connectivity index (χ1n) is 12.6. The Balaban J connectivity index is 1.38. The van der Waals surface area contributed by atoms with Crippen molar-refractivity contribution in [3.63, 3.8) is 0 Å². The summed E-state index contributed by atoms with van der Waals surface area (Å²) in [6.45, 7) is 5.59. The molecule has 38 heavy (non-hydrogen) atoms. The lowest BCUT2D eigenvalue weighted by Crippen LogP contribution is -2.37. The number of fused-ring (bicyclic) bond motifs is 4. The van der Waals surface area contributed by atoms with Crippen molar-refractivity contribution < 1.29 is 14.7 Å². The molecule has 6 rings (SSSR count). The summed E-state index contributed by atoms with van der Waals surface area (Å²) in [7, 11) is 0. The number of anilines is 1. The van der Waals surface area contributed by atoms with Crippen molar-refractivity contribution in [2.24, 2.45) is 0 Å². The molecule has 0 spiro atoms. The van der Waals surface area contributed by atoms with Gasteiger partial charge in [-0.2, -0.15) is 5.10 Å². The molecule has 194 valence electrons. The predicted octanol–water partition coefficient (Wildman–Crippen LogP) is 3.96. The van der Waals surface area contributed by atoms with Gasteiger partial charge in [0.2, 0.25) is 0 Å². The van der Waals surface area contributed by atoms with Crippen molar-refractivity contribution >= 4 is 45.3 Å². The summed E-state index contributed by atoms with van der Waals surface area (Å²) < 4.78 is 3.81. The number of nitrogens with zero attached hydrogens (tertiary/aromatic N) is 5. The van der Waals surface area contributed by atoms with E-state index in [1.54, 1.807) is 22.7 Å². The third kappa shape index (κ3) is 3.87. The molecule has 0 bridgehead atoms. The molecule has 3 aromatic heterocycles. The number of likely N-dealkylation sites (tertiary alicyclic amines) is 1. The van der Waals surface area contributed by atoms with Gasteiger partial charge in [0.05, 0.1) is 33.3 Å². The first kappa shape index (κ1) is 23.7. The Kier molecular flexibility index (Phi) is 5.63. The van der Waals surface area contributed by atoms with E-state index in [0.717, 1.165) is 29.1 Å². The average molecular weight is 514 g/mol. The summed E-state index contributed by atoms with van der Waals surface area (Å²) in [5, 5.41) is 17.7. The second-order valence-electron chi connectivity index (χ2n) is 9.62. The van der Waals surface area contributed by atoms with Crippen LogP contribution in [-0.4, -0.2) is 59.2 Å². The Morgan fingerprint density at radius 2 is 1.92 bits per heavy atom. The molecular formula is C27H27N7O4. The molecule has 1 aliphatic rings. The van der Waals surface area contributed by atoms with Crippen LogP contribution < -0.4 is 10.9 Å². The number of aromatic amines is 1. The van der Waals surface area contributed by atoms with E-state index in [1.165, 1.54) is 11.0 Å². The molecule has 1 aliphatic heterocycles. The number of rotatable bonds is 4. The number of imidazole rings is 1. The summed E-state index contributed by atoms with van der Waals surface area (Å²) in [6.07, 6.45) is 0.263. The maximum atomic E-state index is 13.3. The lowest BCUT2D eigenvalue weighted by atomic mass is 9.93. The van der Waals surface area contributed by atoms with Crippen molar-refractivity contribution in [1.29, 1.82) is 0 Å². The number of nitrogens with one attached hydrogen (secondary N) is 2. The Labute approximate surface area is 216 Å². The van der Waals surface area contributed by atoms with Gasteiger partial charge in [-0.3, -0.25) is 9.59 Å². The van der Waals surface area contributed by atoms with Gasteiger partial charge in [0.15, 0.2) is 0 Å². The number of carboxylic acid groups (broad SMARTS) is 1. The van der Waals surface area contributed by atoms with Gasteiger partial charge in [-0.1, -0.05) is 6.07 Å². The normalized spacial score (nSPS) is 14.5. The van der Waals surface area contributed by atoms with Crippen LogP contribution in [0.5, 0.6) is 0 Å². The van der Waals surface area contributed by atoms with Crippen LogP contribution in [-0.2, 0) is 6.54 Å². The number of carbonyl (C=O) groups excluding carboxylic acids is 1. The minimum absolute atomic E-state index is 0.0131. The van der Waals surface area contributed by atoms with Crippen LogP contribution in [0.4, 0.5) is 10.5 Å². The largest absolute Gasteiger partial charge is 0.465 e. The van der Waals surface area contributed by atoms with Crippen molar-refractivity contribution in [1.82, 2.24) is 29.0 Å². The van der Waals surface area contributed by atoms with Crippen LogP contribution in [0, 0.1) is 6.92 Å². The van der Waals surface area contributed by atoms with E-state index < -0.39 is 6.09 Å². The number of carbonyl (C=O) groups is 2. The van der Waals surface area contributed by atoms with E-state index >= 15 is 0 Å². The summed E-state index contributed by atoms with van der Waals surface area (Å²) in [5.74, 6) is 0.590. The van der Waals surface area contributed by atoms with Crippen molar-refractivity contribution in [2.45, 2.75) is 39.2 Å². The topological polar surface area (TPSA) is 138 Å². The number of amides is 2. The molecule has 0 saturated carbocycles. The number of aromatic nitrogens is 5. The van der Waals surface area contributed by atoms with Gasteiger partial charge in [0, 0.05) is 37.2 Å². The van der Waals surface area contributed by atoms with Gasteiger partial charge < -0.3 is 24.9 Å². The van der Waals surface area contributed by atoms with E-state index in [2.05, 4.69) is 26.8 Å². The standard InChI is InChI=1S/C27H27N7O4/c1-3-33-15(2)28-20-13-17(7-8-21(20)33)26(36)29-18-5-4-6-19-24(18)25-30-23(35)14-22(34(25)31-19)16-9-11-32(12-10-16)27(37)38/h4-8,13-14,16H,3,9-12H2,1-2H3,(H,29,36)(H,30,35)(H,37,38). The fourth-order valence-electron chi connectivity index (χ4n) is 5.53. The number of benzene rings is 2. The highest BCUT2D eigenvalue weighted by molar-refractivity contribution is 6.12. The quantitative estimate of drug-likeness (QED) is 0.333. The average Bonchev–Trinajstić information content (AvgIpc) is 3.44. The molecule has 2 aromatic carbocycles. The smallest absolute Gasteiger partial charge is 0.407 e. The second kappa shape index (κ2) is 9.02. The van der Waals surface area contributed by atoms with Gasteiger partial charge >= 0.3 is 6.09 Å². The predicted molar refractivity (Wildman–Crippen MR) is 143 cm³/mol. The van der Waals surface area contributed by atoms with Crippen molar-refractivity contribution in [3.05, 3.63) is 69.9 Å². The molecule has 0 aliphatic carbocycles. The summed E-state index contributed by atoms with van der Waals surface area (Å²) in [4.78, 5) is 46.2. The lowest BCUT2D eigenvalue weighted by Gasteiger charge is -2.30. The first-order chi connectivity index (χ1) is 18.3. The van der Waals surface area contributed by atoms with Gasteiger partial charge in [-0.05, 0) is 57.0 Å². The molecule has 4 heterocycles. The summed E-state index contributed by atoms with van der Waals surface area (Å²) in [6, 6.07) is 12.4. The number of piperidine rings is 1. The second-order valence-corrected chi connectivity index (χ2v) is 9.62. The van der Waals surface area contributed by atoms with E-state index in [-0.39, 0.29) is 17.4 Å². The fraction of sp³-hybridized carbons (Fsp3) is 0.296. The highest BCUT2D eigenvalue weighted by Gasteiger charge is 2.27. The highest BCUT2D eigenvalue weighted by atomic mass is 16.4. The van der Waals surface area contributed by atoms with Crippen LogP contribution in [0.25, 0.3) is 27.6 Å². The SMILES string of the molecule is CCn1c(C)nc2cc(C(=O)Nc3cccc4nn5c(C6CCN(C(=O)O)CC6)cc(=O)[nH]c5c34)ccc21. The fourth-order valence-corrected chi connectivity index (χ4v) is 5.53. The third-order valence-corrected chi connectivity index (χ3v) is 7.41. The Morgan fingerprint density at radius 1 is 1.13 bits per heavy atom. The summed E-state index contributed by atoms with van der Waals surface area (Å²) in [5.41, 5.74) is 4.32. The minimum atomic E-state index is -0.933. The van der Waals surface area contributed by atoms with Gasteiger partial charge in [-0.15, -0.1) is 0 Å². The Hall–Kier alpha value is -4.67. The molecule has 1 saturated heterocycles. The van der Waals surface area contributed by atoms with Crippen LogP contribution in [0.2, 0.25) is 0 Å². The van der Waals surface area contributed by atoms with Crippen LogP contribution in [0.1, 0.15) is 47.6 Å². The third-order valence-electron chi connectivity index (χ3n) is 7.41. The number of aryl methyl sites for hydroxylation is 2. The monoisotopic (exact) mass is 513 g/mol. The van der Waals surface area contributed by atoms with E-state index in [9.17, 15) is 19.5 Å². The lowest BCUT2D eigenvalue weighted by molar-refractivity contribution is 0.102. The van der Waals surface area contributed by atoms with Crippen molar-refractivity contribution in [2.75, 3.05) is 18.4 Å². The zero-order chi connectivity index (χ0) is 26.6.